The molecule has 4 nitrogen and oxygen atoms in total. The first kappa shape index (κ1) is 15.3. The Bertz CT molecular complexity index is 499. The van der Waals surface area contributed by atoms with Gasteiger partial charge in [-0.2, -0.15) is 0 Å². The minimum atomic E-state index is -0.214. The Morgan fingerprint density at radius 1 is 1.38 bits per heavy atom. The summed E-state index contributed by atoms with van der Waals surface area (Å²) < 4.78 is 0. The Hall–Kier alpha value is -2.10. The van der Waals surface area contributed by atoms with Gasteiger partial charge in [0.1, 0.15) is 0 Å². The molecular formula is C17H22N2O2. The molecule has 2 rings (SSSR count). The van der Waals surface area contributed by atoms with Gasteiger partial charge >= 0.3 is 0 Å². The Morgan fingerprint density at radius 2 is 2.14 bits per heavy atom. The van der Waals surface area contributed by atoms with Crippen LogP contribution in [0.4, 0.5) is 0 Å². The Kier molecular flexibility index (Phi) is 5.55. The molecule has 112 valence electrons. The fourth-order valence-electron chi connectivity index (χ4n) is 2.60. The van der Waals surface area contributed by atoms with Gasteiger partial charge in [0, 0.05) is 26.1 Å². The number of carbonyl (C=O) groups excluding carboxylic acids is 2. The van der Waals surface area contributed by atoms with E-state index in [2.05, 4.69) is 24.0 Å². The summed E-state index contributed by atoms with van der Waals surface area (Å²) in [6.07, 6.45) is 3.86. The molecule has 1 aromatic rings. The molecule has 0 aliphatic carbocycles. The van der Waals surface area contributed by atoms with Crippen molar-refractivity contribution in [1.82, 2.24) is 10.2 Å². The second-order valence-electron chi connectivity index (χ2n) is 5.36. The summed E-state index contributed by atoms with van der Waals surface area (Å²) >= 11 is 0. The summed E-state index contributed by atoms with van der Waals surface area (Å²) in [5.41, 5.74) is 1.28. The molecule has 0 spiro atoms. The minimum absolute atomic E-state index is 0.0474. The van der Waals surface area contributed by atoms with E-state index in [1.807, 2.05) is 18.2 Å². The first-order chi connectivity index (χ1) is 10.2. The molecule has 4 heteroatoms. The van der Waals surface area contributed by atoms with Crippen molar-refractivity contribution in [3.8, 4) is 0 Å². The summed E-state index contributed by atoms with van der Waals surface area (Å²) in [6.45, 7) is 5.28. The van der Waals surface area contributed by atoms with Gasteiger partial charge in [0.2, 0.25) is 11.8 Å². The molecule has 0 aromatic heterocycles. The van der Waals surface area contributed by atoms with Gasteiger partial charge in [-0.15, -0.1) is 6.58 Å². The van der Waals surface area contributed by atoms with Gasteiger partial charge < -0.3 is 10.2 Å². The largest absolute Gasteiger partial charge is 0.352 e. The number of nitrogens with zero attached hydrogens (tertiary/aromatic N) is 1. The summed E-state index contributed by atoms with van der Waals surface area (Å²) in [6, 6.07) is 10.2. The zero-order valence-corrected chi connectivity index (χ0v) is 12.3. The number of nitrogens with one attached hydrogen (secondary N) is 1. The standard InChI is InChI=1S/C17H22N2O2/c1-2-10-18-17(21)15-12-16(20)19(13-15)11-6-9-14-7-4-3-5-8-14/h2-5,7-8,15H,1,6,9-13H2,(H,18,21). The van der Waals surface area contributed by atoms with E-state index in [1.165, 1.54) is 5.56 Å². The van der Waals surface area contributed by atoms with Gasteiger partial charge in [-0.1, -0.05) is 36.4 Å². The summed E-state index contributed by atoms with van der Waals surface area (Å²) in [7, 11) is 0. The van der Waals surface area contributed by atoms with E-state index in [0.717, 1.165) is 19.4 Å². The van der Waals surface area contributed by atoms with Gasteiger partial charge in [-0.05, 0) is 18.4 Å². The number of benzene rings is 1. The van der Waals surface area contributed by atoms with Gasteiger partial charge in [0.05, 0.1) is 5.92 Å². The summed E-state index contributed by atoms with van der Waals surface area (Å²) in [5, 5.41) is 2.76. The molecule has 21 heavy (non-hydrogen) atoms. The van der Waals surface area contributed by atoms with Crippen LogP contribution in [0, 0.1) is 5.92 Å². The molecule has 0 bridgehead atoms. The smallest absolute Gasteiger partial charge is 0.225 e. The lowest BCUT2D eigenvalue weighted by Crippen LogP contribution is -2.33. The maximum atomic E-state index is 11.9. The molecule has 1 saturated heterocycles. The van der Waals surface area contributed by atoms with Crippen LogP contribution in [0.15, 0.2) is 43.0 Å². The predicted octanol–water partition coefficient (Wildman–Crippen LogP) is 1.77. The molecular weight excluding hydrogens is 264 g/mol. The minimum Gasteiger partial charge on any atom is -0.352 e. The van der Waals surface area contributed by atoms with Crippen molar-refractivity contribution >= 4 is 11.8 Å². The maximum absolute atomic E-state index is 11.9. The second-order valence-corrected chi connectivity index (χ2v) is 5.36. The quantitative estimate of drug-likeness (QED) is 0.777. The lowest BCUT2D eigenvalue weighted by atomic mass is 10.1. The first-order valence-electron chi connectivity index (χ1n) is 7.41. The van der Waals surface area contributed by atoms with Crippen molar-refractivity contribution in [2.24, 2.45) is 5.92 Å². The van der Waals surface area contributed by atoms with Crippen molar-refractivity contribution in [2.45, 2.75) is 19.3 Å². The topological polar surface area (TPSA) is 49.4 Å². The fourth-order valence-corrected chi connectivity index (χ4v) is 2.60. The number of hydrogen-bond donors (Lipinski definition) is 1. The predicted molar refractivity (Wildman–Crippen MR) is 82.7 cm³/mol. The van der Waals surface area contributed by atoms with Crippen LogP contribution in [0.2, 0.25) is 0 Å². The van der Waals surface area contributed by atoms with E-state index >= 15 is 0 Å². The van der Waals surface area contributed by atoms with Crippen LogP contribution in [0.1, 0.15) is 18.4 Å². The highest BCUT2D eigenvalue weighted by Crippen LogP contribution is 2.18. The Morgan fingerprint density at radius 3 is 2.86 bits per heavy atom. The number of likely N-dealkylation sites (tertiary alicyclic amines) is 1. The van der Waals surface area contributed by atoms with E-state index in [9.17, 15) is 9.59 Å². The van der Waals surface area contributed by atoms with Crippen LogP contribution >= 0.6 is 0 Å². The van der Waals surface area contributed by atoms with Crippen LogP contribution in [-0.2, 0) is 16.0 Å². The molecule has 2 amide bonds. The monoisotopic (exact) mass is 286 g/mol. The van der Waals surface area contributed by atoms with E-state index in [1.54, 1.807) is 11.0 Å². The van der Waals surface area contributed by atoms with Crippen LogP contribution in [0.25, 0.3) is 0 Å². The highest BCUT2D eigenvalue weighted by atomic mass is 16.2. The lowest BCUT2D eigenvalue weighted by Gasteiger charge is -2.16. The summed E-state index contributed by atoms with van der Waals surface area (Å²) in [4.78, 5) is 25.6. The van der Waals surface area contributed by atoms with E-state index in [0.29, 0.717) is 19.5 Å². The lowest BCUT2D eigenvalue weighted by molar-refractivity contribution is -0.129. The van der Waals surface area contributed by atoms with Crippen molar-refractivity contribution in [2.75, 3.05) is 19.6 Å². The molecule has 0 saturated carbocycles. The Balaban J connectivity index is 1.75. The van der Waals surface area contributed by atoms with Crippen molar-refractivity contribution in [3.05, 3.63) is 48.6 Å². The zero-order chi connectivity index (χ0) is 15.1. The van der Waals surface area contributed by atoms with Crippen molar-refractivity contribution in [3.63, 3.8) is 0 Å². The van der Waals surface area contributed by atoms with Crippen LogP contribution in [0.3, 0.4) is 0 Å². The van der Waals surface area contributed by atoms with Crippen LogP contribution < -0.4 is 5.32 Å². The van der Waals surface area contributed by atoms with E-state index in [-0.39, 0.29) is 17.7 Å². The van der Waals surface area contributed by atoms with Gasteiger partial charge in [0.15, 0.2) is 0 Å². The third kappa shape index (κ3) is 4.45. The fraction of sp³-hybridized carbons (Fsp3) is 0.412. The maximum Gasteiger partial charge on any atom is 0.225 e. The molecule has 0 radical (unpaired) electrons. The molecule has 1 aliphatic heterocycles. The van der Waals surface area contributed by atoms with Crippen molar-refractivity contribution < 1.29 is 9.59 Å². The van der Waals surface area contributed by atoms with Crippen LogP contribution in [-0.4, -0.2) is 36.3 Å². The average Bonchev–Trinajstić information content (AvgIpc) is 2.87. The molecule has 1 aromatic carbocycles. The average molecular weight is 286 g/mol. The number of amides is 2. The van der Waals surface area contributed by atoms with Gasteiger partial charge in [-0.3, -0.25) is 9.59 Å². The molecule has 1 aliphatic rings. The third-order valence-corrected chi connectivity index (χ3v) is 3.74. The number of carbonyl (C=O) groups is 2. The number of rotatable bonds is 7. The summed E-state index contributed by atoms with van der Waals surface area (Å²) in [5.74, 6) is -0.176. The van der Waals surface area contributed by atoms with Crippen molar-refractivity contribution in [1.29, 1.82) is 0 Å². The number of hydrogen-bond acceptors (Lipinski definition) is 2. The highest BCUT2D eigenvalue weighted by Gasteiger charge is 2.33. The van der Waals surface area contributed by atoms with E-state index < -0.39 is 0 Å². The van der Waals surface area contributed by atoms with E-state index in [4.69, 9.17) is 0 Å². The SMILES string of the molecule is C=CCNC(=O)C1CC(=O)N(CCCc2ccccc2)C1. The third-order valence-electron chi connectivity index (χ3n) is 3.74. The van der Waals surface area contributed by atoms with Gasteiger partial charge in [0.25, 0.3) is 0 Å². The molecule has 1 N–H and O–H groups in total. The molecule has 1 unspecified atom stereocenters. The number of aryl methyl sites for hydroxylation is 1. The van der Waals surface area contributed by atoms with Crippen LogP contribution in [0.5, 0.6) is 0 Å². The molecule has 1 heterocycles. The molecule has 1 atom stereocenters. The first-order valence-corrected chi connectivity index (χ1v) is 7.41. The van der Waals surface area contributed by atoms with Gasteiger partial charge in [-0.25, -0.2) is 0 Å². The second kappa shape index (κ2) is 7.62. The molecule has 1 fully saturated rings. The Labute approximate surface area is 125 Å². The normalized spacial score (nSPS) is 17.8. The highest BCUT2D eigenvalue weighted by molar-refractivity contribution is 5.89. The zero-order valence-electron chi connectivity index (χ0n) is 12.3.